The van der Waals surface area contributed by atoms with Gasteiger partial charge >= 0.3 is 5.97 Å². The SMILES string of the molecule is CCCCCCCCCCCCCCCCCCCCCCC(CCc1ccc(OCc2ccccc2)cc1)C(=O)O. The van der Waals surface area contributed by atoms with Gasteiger partial charge in [-0.1, -0.05) is 178 Å². The number of carboxylic acid groups (broad SMARTS) is 1. The average Bonchev–Trinajstić information content (AvgIpc) is 3.01. The summed E-state index contributed by atoms with van der Waals surface area (Å²) < 4.78 is 5.87. The molecule has 1 N–H and O–H groups in total. The summed E-state index contributed by atoms with van der Waals surface area (Å²) in [6.07, 6.45) is 29.7. The summed E-state index contributed by atoms with van der Waals surface area (Å²) in [7, 11) is 0. The van der Waals surface area contributed by atoms with Crippen LogP contribution in [0.4, 0.5) is 0 Å². The third kappa shape index (κ3) is 19.0. The zero-order chi connectivity index (χ0) is 29.9. The van der Waals surface area contributed by atoms with Crippen molar-refractivity contribution in [3.05, 3.63) is 65.7 Å². The lowest BCUT2D eigenvalue weighted by atomic mass is 9.93. The molecule has 0 aliphatic rings. The number of hydrogen-bond acceptors (Lipinski definition) is 2. The Labute approximate surface area is 258 Å². The molecule has 1 unspecified atom stereocenters. The number of hydrogen-bond donors (Lipinski definition) is 1. The highest BCUT2D eigenvalue weighted by molar-refractivity contribution is 5.69. The van der Waals surface area contributed by atoms with E-state index in [1.54, 1.807) is 0 Å². The van der Waals surface area contributed by atoms with Crippen molar-refractivity contribution in [2.75, 3.05) is 0 Å². The molecule has 2 aromatic carbocycles. The number of aliphatic carboxylic acids is 1. The zero-order valence-electron chi connectivity index (χ0n) is 27.0. The van der Waals surface area contributed by atoms with Crippen LogP contribution in [0, 0.1) is 5.92 Å². The Morgan fingerprint density at radius 1 is 0.571 bits per heavy atom. The van der Waals surface area contributed by atoms with Crippen molar-refractivity contribution >= 4 is 5.97 Å². The van der Waals surface area contributed by atoms with Crippen LogP contribution in [-0.4, -0.2) is 11.1 Å². The molecule has 0 aliphatic heterocycles. The first-order valence-corrected chi connectivity index (χ1v) is 17.7. The second kappa shape index (κ2) is 25.2. The minimum Gasteiger partial charge on any atom is -0.489 e. The number of carboxylic acids is 1. The van der Waals surface area contributed by atoms with Gasteiger partial charge in [-0.2, -0.15) is 0 Å². The van der Waals surface area contributed by atoms with Crippen LogP contribution in [0.15, 0.2) is 54.6 Å². The molecule has 0 heterocycles. The zero-order valence-corrected chi connectivity index (χ0v) is 27.0. The molecule has 3 heteroatoms. The Morgan fingerprint density at radius 3 is 1.48 bits per heavy atom. The van der Waals surface area contributed by atoms with E-state index in [-0.39, 0.29) is 5.92 Å². The summed E-state index contributed by atoms with van der Waals surface area (Å²) >= 11 is 0. The lowest BCUT2D eigenvalue weighted by Gasteiger charge is -2.13. The summed E-state index contributed by atoms with van der Waals surface area (Å²) in [6, 6.07) is 18.3. The fourth-order valence-electron chi connectivity index (χ4n) is 5.87. The molecule has 0 amide bonds. The second-order valence-electron chi connectivity index (χ2n) is 12.5. The van der Waals surface area contributed by atoms with Crippen molar-refractivity contribution in [2.24, 2.45) is 5.92 Å². The van der Waals surface area contributed by atoms with E-state index in [2.05, 4.69) is 31.2 Å². The van der Waals surface area contributed by atoms with Crippen LogP contribution in [0.3, 0.4) is 0 Å². The Kier molecular flexibility index (Phi) is 21.6. The second-order valence-corrected chi connectivity index (χ2v) is 12.5. The average molecular weight is 579 g/mol. The molecule has 2 aromatic rings. The number of carbonyl (C=O) groups is 1. The first-order chi connectivity index (χ1) is 20.7. The van der Waals surface area contributed by atoms with Crippen LogP contribution in [-0.2, 0) is 17.8 Å². The van der Waals surface area contributed by atoms with E-state index in [1.165, 1.54) is 121 Å². The highest BCUT2D eigenvalue weighted by Gasteiger charge is 2.16. The van der Waals surface area contributed by atoms with Crippen molar-refractivity contribution in [1.82, 2.24) is 0 Å². The number of benzene rings is 2. The van der Waals surface area contributed by atoms with E-state index in [0.717, 1.165) is 37.0 Å². The molecule has 0 spiro atoms. The first-order valence-electron chi connectivity index (χ1n) is 17.7. The first kappa shape index (κ1) is 35.9. The number of rotatable bonds is 28. The monoisotopic (exact) mass is 578 g/mol. The van der Waals surface area contributed by atoms with Crippen LogP contribution in [0.25, 0.3) is 0 Å². The predicted molar refractivity (Wildman–Crippen MR) is 179 cm³/mol. The van der Waals surface area contributed by atoms with Crippen molar-refractivity contribution < 1.29 is 14.6 Å². The van der Waals surface area contributed by atoms with Gasteiger partial charge in [0.1, 0.15) is 12.4 Å². The van der Waals surface area contributed by atoms with Gasteiger partial charge in [-0.25, -0.2) is 0 Å². The Bertz CT molecular complexity index is 876. The van der Waals surface area contributed by atoms with Gasteiger partial charge in [0.2, 0.25) is 0 Å². The summed E-state index contributed by atoms with van der Waals surface area (Å²) in [6.45, 7) is 2.85. The molecule has 236 valence electrons. The molecule has 1 atom stereocenters. The molecule has 3 nitrogen and oxygen atoms in total. The van der Waals surface area contributed by atoms with Crippen molar-refractivity contribution in [2.45, 2.75) is 161 Å². The lowest BCUT2D eigenvalue weighted by molar-refractivity contribution is -0.142. The Balaban J connectivity index is 1.39. The summed E-state index contributed by atoms with van der Waals surface area (Å²) in [4.78, 5) is 11.8. The molecule has 0 aromatic heterocycles. The summed E-state index contributed by atoms with van der Waals surface area (Å²) in [5, 5.41) is 9.71. The maximum atomic E-state index is 11.8. The van der Waals surface area contributed by atoms with Gasteiger partial charge in [0.15, 0.2) is 0 Å². The molecule has 0 saturated heterocycles. The number of unbranched alkanes of at least 4 members (excludes halogenated alkanes) is 19. The van der Waals surface area contributed by atoms with Gasteiger partial charge in [0, 0.05) is 0 Å². The molecular weight excluding hydrogens is 516 g/mol. The van der Waals surface area contributed by atoms with E-state index >= 15 is 0 Å². The van der Waals surface area contributed by atoms with Gasteiger partial charge in [-0.05, 0) is 42.5 Å². The number of ether oxygens (including phenoxy) is 1. The number of aryl methyl sites for hydroxylation is 1. The van der Waals surface area contributed by atoms with E-state index < -0.39 is 5.97 Å². The Hall–Kier alpha value is -2.29. The molecule has 0 saturated carbocycles. The topological polar surface area (TPSA) is 46.5 Å². The van der Waals surface area contributed by atoms with Crippen LogP contribution in [0.2, 0.25) is 0 Å². The highest BCUT2D eigenvalue weighted by Crippen LogP contribution is 2.21. The van der Waals surface area contributed by atoms with Gasteiger partial charge < -0.3 is 9.84 Å². The van der Waals surface area contributed by atoms with E-state index in [4.69, 9.17) is 4.74 Å². The minimum atomic E-state index is -0.643. The van der Waals surface area contributed by atoms with Crippen LogP contribution in [0.1, 0.15) is 159 Å². The van der Waals surface area contributed by atoms with E-state index in [1.807, 2.05) is 30.3 Å². The maximum absolute atomic E-state index is 11.8. The quantitative estimate of drug-likeness (QED) is 0.102. The van der Waals surface area contributed by atoms with Gasteiger partial charge in [-0.3, -0.25) is 4.79 Å². The smallest absolute Gasteiger partial charge is 0.306 e. The highest BCUT2D eigenvalue weighted by atomic mass is 16.5. The minimum absolute atomic E-state index is 0.241. The molecule has 0 fully saturated rings. The van der Waals surface area contributed by atoms with Gasteiger partial charge in [0.05, 0.1) is 5.92 Å². The third-order valence-electron chi connectivity index (χ3n) is 8.71. The van der Waals surface area contributed by atoms with Crippen molar-refractivity contribution in [3.8, 4) is 5.75 Å². The predicted octanol–water partition coefficient (Wildman–Crippen LogP) is 12.1. The van der Waals surface area contributed by atoms with Gasteiger partial charge in [-0.15, -0.1) is 0 Å². The lowest BCUT2D eigenvalue weighted by Crippen LogP contribution is -2.14. The molecule has 2 rings (SSSR count). The Morgan fingerprint density at radius 2 is 1.02 bits per heavy atom. The van der Waals surface area contributed by atoms with E-state index in [9.17, 15) is 9.90 Å². The van der Waals surface area contributed by atoms with E-state index in [0.29, 0.717) is 13.0 Å². The maximum Gasteiger partial charge on any atom is 0.306 e. The molecule has 42 heavy (non-hydrogen) atoms. The summed E-state index contributed by atoms with van der Waals surface area (Å²) in [5.74, 6) is -0.0353. The molecule has 0 radical (unpaired) electrons. The fraction of sp³-hybridized carbons (Fsp3) is 0.667. The van der Waals surface area contributed by atoms with Crippen LogP contribution < -0.4 is 4.74 Å². The van der Waals surface area contributed by atoms with Gasteiger partial charge in [0.25, 0.3) is 0 Å². The third-order valence-corrected chi connectivity index (χ3v) is 8.71. The molecule has 0 aliphatic carbocycles. The van der Waals surface area contributed by atoms with Crippen molar-refractivity contribution in [3.63, 3.8) is 0 Å². The van der Waals surface area contributed by atoms with Crippen LogP contribution >= 0.6 is 0 Å². The van der Waals surface area contributed by atoms with Crippen molar-refractivity contribution in [1.29, 1.82) is 0 Å². The van der Waals surface area contributed by atoms with Crippen LogP contribution in [0.5, 0.6) is 5.75 Å². The largest absolute Gasteiger partial charge is 0.489 e. The standard InChI is InChI=1S/C39H62O3/c1-2-3-4-5-6-7-8-9-10-11-12-13-14-15-16-17-18-19-20-24-27-37(39(40)41)31-28-35-29-32-38(33-30-35)42-34-36-25-22-21-23-26-36/h21-23,25-26,29-30,32-33,37H,2-20,24,27-28,31,34H2,1H3,(H,40,41). The molecular formula is C39H62O3. The fourth-order valence-corrected chi connectivity index (χ4v) is 5.87. The molecule has 0 bridgehead atoms. The summed E-state index contributed by atoms with van der Waals surface area (Å²) in [5.41, 5.74) is 2.33. The normalized spacial score (nSPS) is 11.9.